The van der Waals surface area contributed by atoms with Gasteiger partial charge < -0.3 is 10.6 Å². The Hall–Kier alpha value is -1.42. The molecule has 2 atom stereocenters. The average molecular weight is 222 g/mol. The van der Waals surface area contributed by atoms with Crippen molar-refractivity contribution in [2.24, 2.45) is 0 Å². The first-order valence-corrected chi connectivity index (χ1v) is 5.40. The largest absolute Gasteiger partial charge is 0.325 e. The molecule has 0 bridgehead atoms. The number of alkyl halides is 1. The lowest BCUT2D eigenvalue weighted by molar-refractivity contribution is -0.117. The van der Waals surface area contributed by atoms with E-state index in [2.05, 4.69) is 10.6 Å². The minimum atomic E-state index is -0.909. The van der Waals surface area contributed by atoms with Gasteiger partial charge in [0.2, 0.25) is 5.91 Å². The van der Waals surface area contributed by atoms with Gasteiger partial charge in [-0.2, -0.15) is 0 Å². The highest BCUT2D eigenvalue weighted by molar-refractivity contribution is 5.95. The summed E-state index contributed by atoms with van der Waals surface area (Å²) >= 11 is 0. The Labute approximate surface area is 94.0 Å². The molecule has 1 aliphatic heterocycles. The molecular weight excluding hydrogens is 207 g/mol. The fourth-order valence-corrected chi connectivity index (χ4v) is 1.84. The van der Waals surface area contributed by atoms with E-state index in [1.54, 1.807) is 0 Å². The van der Waals surface area contributed by atoms with Crippen molar-refractivity contribution in [3.05, 3.63) is 29.8 Å². The van der Waals surface area contributed by atoms with E-state index in [-0.39, 0.29) is 18.9 Å². The van der Waals surface area contributed by atoms with E-state index in [0.29, 0.717) is 0 Å². The van der Waals surface area contributed by atoms with E-state index < -0.39 is 12.2 Å². The number of rotatable bonds is 2. The molecule has 2 N–H and O–H groups in total. The molecule has 1 heterocycles. The van der Waals surface area contributed by atoms with Gasteiger partial charge in [-0.05, 0) is 24.6 Å². The molecule has 2 rings (SSSR count). The molecule has 0 radical (unpaired) electrons. The van der Waals surface area contributed by atoms with Crippen molar-refractivity contribution in [1.82, 2.24) is 5.32 Å². The highest BCUT2D eigenvalue weighted by Crippen LogP contribution is 2.14. The first-order valence-electron chi connectivity index (χ1n) is 5.40. The molecule has 0 spiro atoms. The van der Waals surface area contributed by atoms with Crippen LogP contribution in [0.3, 0.4) is 0 Å². The normalized spacial score (nSPS) is 24.4. The van der Waals surface area contributed by atoms with E-state index in [0.717, 1.165) is 11.3 Å². The Kier molecular flexibility index (Phi) is 3.19. The molecule has 1 saturated heterocycles. The summed E-state index contributed by atoms with van der Waals surface area (Å²) in [5.41, 5.74) is 1.84. The highest BCUT2D eigenvalue weighted by Gasteiger charge is 2.29. The third-order valence-corrected chi connectivity index (χ3v) is 2.68. The smallest absolute Gasteiger partial charge is 0.241 e. The van der Waals surface area contributed by atoms with Crippen molar-refractivity contribution in [3.63, 3.8) is 0 Å². The van der Waals surface area contributed by atoms with Crippen molar-refractivity contribution in [2.75, 3.05) is 11.9 Å². The second kappa shape index (κ2) is 4.61. The molecule has 1 amide bonds. The van der Waals surface area contributed by atoms with Gasteiger partial charge in [-0.15, -0.1) is 0 Å². The molecule has 16 heavy (non-hydrogen) atoms. The number of anilines is 1. The van der Waals surface area contributed by atoms with E-state index in [9.17, 15) is 9.18 Å². The number of aryl methyl sites for hydroxylation is 1. The maximum absolute atomic E-state index is 12.9. The number of benzene rings is 1. The van der Waals surface area contributed by atoms with Crippen molar-refractivity contribution in [3.8, 4) is 0 Å². The van der Waals surface area contributed by atoms with Crippen molar-refractivity contribution in [1.29, 1.82) is 0 Å². The maximum atomic E-state index is 12.9. The van der Waals surface area contributed by atoms with Crippen LogP contribution in [0.2, 0.25) is 0 Å². The van der Waals surface area contributed by atoms with Crippen LogP contribution in [0.25, 0.3) is 0 Å². The zero-order chi connectivity index (χ0) is 11.5. The van der Waals surface area contributed by atoms with Gasteiger partial charge in [-0.1, -0.05) is 12.1 Å². The zero-order valence-corrected chi connectivity index (χ0v) is 9.16. The minimum absolute atomic E-state index is 0.161. The second-order valence-corrected chi connectivity index (χ2v) is 4.15. The van der Waals surface area contributed by atoms with Crippen LogP contribution in [-0.4, -0.2) is 24.7 Å². The molecular formula is C12H15FN2O. The van der Waals surface area contributed by atoms with Crippen LogP contribution in [0, 0.1) is 6.92 Å². The van der Waals surface area contributed by atoms with E-state index in [1.165, 1.54) is 0 Å². The monoisotopic (exact) mass is 222 g/mol. The molecule has 1 aromatic rings. The predicted molar refractivity (Wildman–Crippen MR) is 61.1 cm³/mol. The summed E-state index contributed by atoms with van der Waals surface area (Å²) in [7, 11) is 0. The summed E-state index contributed by atoms with van der Waals surface area (Å²) in [5.74, 6) is -0.161. The van der Waals surface area contributed by atoms with Gasteiger partial charge >= 0.3 is 0 Å². The Morgan fingerprint density at radius 3 is 3.00 bits per heavy atom. The van der Waals surface area contributed by atoms with Crippen LogP contribution >= 0.6 is 0 Å². The number of hydrogen-bond donors (Lipinski definition) is 2. The van der Waals surface area contributed by atoms with Crippen LogP contribution in [0.5, 0.6) is 0 Å². The fraction of sp³-hybridized carbons (Fsp3) is 0.417. The SMILES string of the molecule is Cc1cccc(NC(=O)[C@H]2C[C@H](F)CN2)c1. The van der Waals surface area contributed by atoms with Gasteiger partial charge in [0.1, 0.15) is 6.17 Å². The number of hydrogen-bond acceptors (Lipinski definition) is 2. The number of carbonyl (C=O) groups is 1. The Morgan fingerprint density at radius 1 is 1.56 bits per heavy atom. The second-order valence-electron chi connectivity index (χ2n) is 4.15. The van der Waals surface area contributed by atoms with Gasteiger partial charge in [0, 0.05) is 18.7 Å². The average Bonchev–Trinajstić information content (AvgIpc) is 2.65. The third kappa shape index (κ3) is 2.58. The molecule has 1 aromatic carbocycles. The van der Waals surface area contributed by atoms with Gasteiger partial charge in [0.25, 0.3) is 0 Å². The van der Waals surface area contributed by atoms with Gasteiger partial charge in [0.05, 0.1) is 6.04 Å². The fourth-order valence-electron chi connectivity index (χ4n) is 1.84. The van der Waals surface area contributed by atoms with Crippen LogP contribution in [0.1, 0.15) is 12.0 Å². The lowest BCUT2D eigenvalue weighted by atomic mass is 10.2. The summed E-state index contributed by atoms with van der Waals surface area (Å²) in [6.45, 7) is 2.23. The Bertz CT molecular complexity index is 394. The highest BCUT2D eigenvalue weighted by atomic mass is 19.1. The van der Waals surface area contributed by atoms with Crippen molar-refractivity contribution >= 4 is 11.6 Å². The summed E-state index contributed by atoms with van der Waals surface area (Å²) in [6.07, 6.45) is -0.647. The number of nitrogens with one attached hydrogen (secondary N) is 2. The molecule has 0 aliphatic carbocycles. The standard InChI is InChI=1S/C12H15FN2O/c1-8-3-2-4-10(5-8)15-12(16)11-6-9(13)7-14-11/h2-5,9,11,14H,6-7H2,1H3,(H,15,16)/t9-,11+/m0/s1. The lowest BCUT2D eigenvalue weighted by Crippen LogP contribution is -2.35. The molecule has 1 fully saturated rings. The molecule has 0 unspecified atom stereocenters. The maximum Gasteiger partial charge on any atom is 0.241 e. The Balaban J connectivity index is 1.97. The van der Waals surface area contributed by atoms with Crippen molar-refractivity contribution in [2.45, 2.75) is 25.6 Å². The first-order chi connectivity index (χ1) is 7.65. The van der Waals surface area contributed by atoms with Crippen LogP contribution < -0.4 is 10.6 Å². The van der Waals surface area contributed by atoms with Crippen LogP contribution in [-0.2, 0) is 4.79 Å². The predicted octanol–water partition coefficient (Wildman–Crippen LogP) is 1.63. The Morgan fingerprint density at radius 2 is 2.38 bits per heavy atom. The van der Waals surface area contributed by atoms with E-state index in [1.807, 2.05) is 31.2 Å². The van der Waals surface area contributed by atoms with E-state index >= 15 is 0 Å². The first kappa shape index (κ1) is 11.1. The van der Waals surface area contributed by atoms with Gasteiger partial charge in [-0.25, -0.2) is 4.39 Å². The zero-order valence-electron chi connectivity index (χ0n) is 9.16. The lowest BCUT2D eigenvalue weighted by Gasteiger charge is -2.11. The molecule has 0 aromatic heterocycles. The molecule has 1 aliphatic rings. The minimum Gasteiger partial charge on any atom is -0.325 e. The quantitative estimate of drug-likeness (QED) is 0.798. The van der Waals surface area contributed by atoms with Crippen molar-refractivity contribution < 1.29 is 9.18 Å². The van der Waals surface area contributed by atoms with Gasteiger partial charge in [0.15, 0.2) is 0 Å². The number of halogens is 1. The molecule has 86 valence electrons. The molecule has 3 nitrogen and oxygen atoms in total. The molecule has 0 saturated carbocycles. The summed E-state index contributed by atoms with van der Waals surface area (Å²) in [6, 6.07) is 7.15. The topological polar surface area (TPSA) is 41.1 Å². The number of carbonyl (C=O) groups excluding carboxylic acids is 1. The van der Waals surface area contributed by atoms with Crippen LogP contribution in [0.4, 0.5) is 10.1 Å². The van der Waals surface area contributed by atoms with Gasteiger partial charge in [-0.3, -0.25) is 4.79 Å². The third-order valence-electron chi connectivity index (χ3n) is 2.68. The summed E-state index contributed by atoms with van der Waals surface area (Å²) in [4.78, 5) is 11.7. The molecule has 4 heteroatoms. The van der Waals surface area contributed by atoms with Crippen LogP contribution in [0.15, 0.2) is 24.3 Å². The number of amides is 1. The summed E-state index contributed by atoms with van der Waals surface area (Å²) < 4.78 is 12.9. The summed E-state index contributed by atoms with van der Waals surface area (Å²) in [5, 5.41) is 5.63. The van der Waals surface area contributed by atoms with E-state index in [4.69, 9.17) is 0 Å².